The predicted molar refractivity (Wildman–Crippen MR) is 46.5 cm³/mol. The van der Waals surface area contributed by atoms with Gasteiger partial charge in [0.05, 0.1) is 0 Å². The van der Waals surface area contributed by atoms with E-state index in [1.165, 1.54) is 0 Å². The van der Waals surface area contributed by atoms with Crippen molar-refractivity contribution < 1.29 is 0 Å². The third kappa shape index (κ3) is 1.14. The van der Waals surface area contributed by atoms with E-state index in [1.807, 2.05) is 6.07 Å². The average Bonchev–Trinajstić information content (AvgIpc) is 2.57. The van der Waals surface area contributed by atoms with Gasteiger partial charge in [-0.25, -0.2) is 9.67 Å². The Morgan fingerprint density at radius 1 is 1.42 bits per heavy atom. The summed E-state index contributed by atoms with van der Waals surface area (Å²) in [6, 6.07) is 1.82. The van der Waals surface area contributed by atoms with Crippen molar-refractivity contribution in [1.29, 1.82) is 0 Å². The second-order valence-corrected chi connectivity index (χ2v) is 2.60. The lowest BCUT2D eigenvalue weighted by molar-refractivity contribution is 0.833. The van der Waals surface area contributed by atoms with Crippen LogP contribution in [0.4, 0.5) is 0 Å². The first-order valence-electron chi connectivity index (χ1n) is 3.41. The van der Waals surface area contributed by atoms with E-state index in [0.717, 1.165) is 0 Å². The molecule has 0 fully saturated rings. The highest BCUT2D eigenvalue weighted by Gasteiger charge is 1.97. The van der Waals surface area contributed by atoms with Gasteiger partial charge in [-0.05, 0) is 6.07 Å². The summed E-state index contributed by atoms with van der Waals surface area (Å²) in [6.45, 7) is 0. The van der Waals surface area contributed by atoms with Crippen molar-refractivity contribution in [2.75, 3.05) is 0 Å². The van der Waals surface area contributed by atoms with Gasteiger partial charge < -0.3 is 4.98 Å². The molecule has 60 valence electrons. The van der Waals surface area contributed by atoms with Gasteiger partial charge in [0.1, 0.15) is 4.64 Å². The zero-order valence-corrected chi connectivity index (χ0v) is 6.95. The van der Waals surface area contributed by atoms with Crippen LogP contribution in [0, 0.1) is 4.64 Å². The Kier molecular flexibility index (Phi) is 1.71. The van der Waals surface area contributed by atoms with Crippen LogP contribution in [0.3, 0.4) is 0 Å². The van der Waals surface area contributed by atoms with Gasteiger partial charge in [0, 0.05) is 24.8 Å². The number of rotatable bonds is 1. The molecular formula is C7H6N4S. The van der Waals surface area contributed by atoms with E-state index in [9.17, 15) is 0 Å². The first-order chi connectivity index (χ1) is 5.88. The highest BCUT2D eigenvalue weighted by molar-refractivity contribution is 7.71. The van der Waals surface area contributed by atoms with E-state index in [2.05, 4.69) is 15.1 Å². The third-order valence-electron chi connectivity index (χ3n) is 1.41. The van der Waals surface area contributed by atoms with E-state index in [-0.39, 0.29) is 0 Å². The van der Waals surface area contributed by atoms with Crippen molar-refractivity contribution in [3.05, 3.63) is 35.5 Å². The molecule has 0 spiro atoms. The lowest BCUT2D eigenvalue weighted by atomic mass is 10.6. The zero-order chi connectivity index (χ0) is 8.39. The van der Waals surface area contributed by atoms with Gasteiger partial charge in [-0.3, -0.25) is 0 Å². The van der Waals surface area contributed by atoms with Gasteiger partial charge in [0.25, 0.3) is 0 Å². The van der Waals surface area contributed by atoms with Crippen LogP contribution in [0.2, 0.25) is 0 Å². The second-order valence-electron chi connectivity index (χ2n) is 2.19. The molecule has 0 saturated heterocycles. The molecule has 0 saturated carbocycles. The summed E-state index contributed by atoms with van der Waals surface area (Å²) in [6.07, 6.45) is 6.82. The number of hydrogen-bond acceptors (Lipinski definition) is 3. The smallest absolute Gasteiger partial charge is 0.188 e. The van der Waals surface area contributed by atoms with Gasteiger partial charge in [-0.1, -0.05) is 12.2 Å². The van der Waals surface area contributed by atoms with Crippen molar-refractivity contribution in [2.24, 2.45) is 0 Å². The van der Waals surface area contributed by atoms with Crippen LogP contribution in [0.25, 0.3) is 5.82 Å². The molecule has 0 aliphatic rings. The molecule has 0 bridgehead atoms. The normalized spacial score (nSPS) is 10.0. The molecule has 0 unspecified atom stereocenters. The molecule has 2 heterocycles. The van der Waals surface area contributed by atoms with Crippen molar-refractivity contribution >= 4 is 12.2 Å². The van der Waals surface area contributed by atoms with E-state index in [1.54, 1.807) is 29.5 Å². The predicted octanol–water partition coefficient (Wildman–Crippen LogP) is 1.32. The highest BCUT2D eigenvalue weighted by Crippen LogP contribution is 2.00. The van der Waals surface area contributed by atoms with E-state index < -0.39 is 0 Å². The topological polar surface area (TPSA) is 46.5 Å². The molecule has 2 rings (SSSR count). The Balaban J connectivity index is 2.63. The van der Waals surface area contributed by atoms with Crippen LogP contribution < -0.4 is 0 Å². The van der Waals surface area contributed by atoms with Gasteiger partial charge in [0.15, 0.2) is 5.82 Å². The Labute approximate surface area is 73.9 Å². The summed E-state index contributed by atoms with van der Waals surface area (Å²) in [4.78, 5) is 6.97. The Hall–Kier alpha value is -1.49. The molecule has 2 aromatic heterocycles. The van der Waals surface area contributed by atoms with Gasteiger partial charge in [0.2, 0.25) is 0 Å². The van der Waals surface area contributed by atoms with Crippen molar-refractivity contribution in [2.45, 2.75) is 0 Å². The number of hydrogen-bond donors (Lipinski definition) is 1. The first kappa shape index (κ1) is 7.17. The molecule has 0 radical (unpaired) electrons. The molecule has 0 aromatic carbocycles. The third-order valence-corrected chi connectivity index (χ3v) is 1.71. The van der Waals surface area contributed by atoms with Crippen molar-refractivity contribution in [3.8, 4) is 5.82 Å². The van der Waals surface area contributed by atoms with Crippen LogP contribution >= 0.6 is 12.2 Å². The maximum atomic E-state index is 5.02. The lowest BCUT2D eigenvalue weighted by Crippen LogP contribution is -1.99. The number of aromatic amines is 1. The number of nitrogens with one attached hydrogen (secondary N) is 1. The van der Waals surface area contributed by atoms with Gasteiger partial charge >= 0.3 is 0 Å². The largest absolute Gasteiger partial charge is 0.348 e. The lowest BCUT2D eigenvalue weighted by Gasteiger charge is -1.97. The van der Waals surface area contributed by atoms with Gasteiger partial charge in [-0.15, -0.1) is 0 Å². The first-order valence-corrected chi connectivity index (χ1v) is 3.82. The molecule has 1 N–H and O–H groups in total. The molecule has 12 heavy (non-hydrogen) atoms. The molecular weight excluding hydrogens is 172 g/mol. The van der Waals surface area contributed by atoms with Crippen LogP contribution in [0.15, 0.2) is 30.9 Å². The minimum absolute atomic E-state index is 0.584. The maximum Gasteiger partial charge on any atom is 0.188 e. The Morgan fingerprint density at radius 2 is 2.33 bits per heavy atom. The summed E-state index contributed by atoms with van der Waals surface area (Å²) in [5.74, 6) is 0.650. The summed E-state index contributed by atoms with van der Waals surface area (Å²) >= 11 is 5.02. The second kappa shape index (κ2) is 2.86. The van der Waals surface area contributed by atoms with Crippen LogP contribution in [0.5, 0.6) is 0 Å². The quantitative estimate of drug-likeness (QED) is 0.670. The summed E-state index contributed by atoms with van der Waals surface area (Å²) in [5, 5.41) is 4.01. The zero-order valence-electron chi connectivity index (χ0n) is 6.14. The number of H-pyrrole nitrogens is 1. The monoisotopic (exact) mass is 178 g/mol. The van der Waals surface area contributed by atoms with E-state index in [4.69, 9.17) is 12.2 Å². The standard InChI is InChI=1S/C7H6N4S/c12-7-6(8-3-4-9-7)11-5-1-2-10-11/h1-5H,(H,9,12). The van der Waals surface area contributed by atoms with E-state index in [0.29, 0.717) is 10.5 Å². The minimum Gasteiger partial charge on any atom is -0.348 e. The van der Waals surface area contributed by atoms with Crippen LogP contribution in [0.1, 0.15) is 0 Å². The Morgan fingerprint density at radius 3 is 3.00 bits per heavy atom. The molecule has 0 aliphatic heterocycles. The van der Waals surface area contributed by atoms with Crippen molar-refractivity contribution in [1.82, 2.24) is 19.7 Å². The molecule has 0 aliphatic carbocycles. The highest BCUT2D eigenvalue weighted by atomic mass is 32.1. The molecule has 5 heteroatoms. The SMILES string of the molecule is S=c1[nH]ccnc1-n1cccn1. The molecule has 0 atom stereocenters. The summed E-state index contributed by atoms with van der Waals surface area (Å²) in [7, 11) is 0. The fourth-order valence-electron chi connectivity index (χ4n) is 0.901. The maximum absolute atomic E-state index is 5.02. The van der Waals surface area contributed by atoms with Crippen LogP contribution in [-0.4, -0.2) is 19.7 Å². The fraction of sp³-hybridized carbons (Fsp3) is 0. The Bertz CT molecular complexity index is 417. The number of nitrogens with zero attached hydrogens (tertiary/aromatic N) is 3. The van der Waals surface area contributed by atoms with E-state index >= 15 is 0 Å². The minimum atomic E-state index is 0.584. The fourth-order valence-corrected chi connectivity index (χ4v) is 1.12. The van der Waals surface area contributed by atoms with Crippen LogP contribution in [-0.2, 0) is 0 Å². The summed E-state index contributed by atoms with van der Waals surface area (Å²) < 4.78 is 2.21. The molecule has 2 aromatic rings. The average molecular weight is 178 g/mol. The molecule has 4 nitrogen and oxygen atoms in total. The van der Waals surface area contributed by atoms with Gasteiger partial charge in [-0.2, -0.15) is 5.10 Å². The summed E-state index contributed by atoms with van der Waals surface area (Å²) in [5.41, 5.74) is 0. The molecule has 0 amide bonds. The number of aromatic nitrogens is 4. The van der Waals surface area contributed by atoms with Crippen molar-refractivity contribution in [3.63, 3.8) is 0 Å².